The summed E-state index contributed by atoms with van der Waals surface area (Å²) in [5, 5.41) is 1.08. The van der Waals surface area contributed by atoms with Crippen LogP contribution < -0.4 is 4.90 Å². The summed E-state index contributed by atoms with van der Waals surface area (Å²) >= 11 is 13.2. The van der Waals surface area contributed by atoms with Gasteiger partial charge in [-0.3, -0.25) is 9.11 Å². The van der Waals surface area contributed by atoms with E-state index >= 15 is 0 Å². The van der Waals surface area contributed by atoms with Gasteiger partial charge in [0.15, 0.2) is 12.3 Å². The molecule has 4 aromatic carbocycles. The minimum atomic E-state index is -4.31. The molecule has 8 nitrogen and oxygen atoms in total. The highest BCUT2D eigenvalue weighted by atomic mass is 35.5. The molecule has 2 N–H and O–H groups in total. The average Bonchev–Trinajstić information content (AvgIpc) is 3.08. The van der Waals surface area contributed by atoms with Crippen LogP contribution in [0.1, 0.15) is 36.1 Å². The van der Waals surface area contributed by atoms with Gasteiger partial charge in [-0.25, -0.2) is 4.58 Å². The fraction of sp³-hybridized carbons (Fsp3) is 0.162. The molecule has 0 fully saturated rings. The van der Waals surface area contributed by atoms with Crippen molar-refractivity contribution in [3.63, 3.8) is 0 Å². The summed E-state index contributed by atoms with van der Waals surface area (Å²) in [4.78, 5) is 1.81. The van der Waals surface area contributed by atoms with E-state index in [1.165, 1.54) is 24.3 Å². The Labute approximate surface area is 297 Å². The van der Waals surface area contributed by atoms with Crippen LogP contribution >= 0.6 is 23.2 Å². The Hall–Kier alpha value is -4.03. The Morgan fingerprint density at radius 2 is 1.33 bits per heavy atom. The van der Waals surface area contributed by atoms with E-state index in [1.807, 2.05) is 80.6 Å². The van der Waals surface area contributed by atoms with Crippen LogP contribution in [0.25, 0.3) is 5.57 Å². The van der Waals surface area contributed by atoms with Gasteiger partial charge in [0, 0.05) is 52.1 Å². The molecule has 254 valence electrons. The number of halogens is 2. The molecule has 0 aliphatic heterocycles. The van der Waals surface area contributed by atoms with Crippen LogP contribution in [-0.4, -0.2) is 49.3 Å². The van der Waals surface area contributed by atoms with Gasteiger partial charge in [-0.15, -0.1) is 0 Å². The van der Waals surface area contributed by atoms with E-state index in [0.717, 1.165) is 44.8 Å². The molecule has 0 spiro atoms. The third kappa shape index (κ3) is 8.96. The van der Waals surface area contributed by atoms with Gasteiger partial charge in [0.05, 0.1) is 9.79 Å². The molecule has 49 heavy (non-hydrogen) atoms. The van der Waals surface area contributed by atoms with Crippen LogP contribution in [-0.2, 0) is 33.3 Å². The van der Waals surface area contributed by atoms with Gasteiger partial charge in [0.1, 0.15) is 6.54 Å². The smallest absolute Gasteiger partial charge is 0.294 e. The first-order valence-electron chi connectivity index (χ1n) is 15.4. The zero-order chi connectivity index (χ0) is 35.3. The monoisotopic (exact) mass is 737 g/mol. The molecule has 0 heterocycles. The first-order valence-corrected chi connectivity index (χ1v) is 19.1. The number of anilines is 1. The van der Waals surface area contributed by atoms with Crippen molar-refractivity contribution in [1.82, 2.24) is 0 Å². The Morgan fingerprint density at radius 1 is 0.735 bits per heavy atom. The summed E-state index contributed by atoms with van der Waals surface area (Å²) in [5.41, 5.74) is 6.77. The second-order valence-corrected chi connectivity index (χ2v) is 15.1. The average molecular weight is 739 g/mol. The molecular weight excluding hydrogens is 703 g/mol. The number of allylic oxidation sites excluding steroid dienone is 5. The summed E-state index contributed by atoms with van der Waals surface area (Å²) < 4.78 is 67.7. The highest BCUT2D eigenvalue weighted by Gasteiger charge is 2.19. The lowest BCUT2D eigenvalue weighted by Crippen LogP contribution is -2.22. The van der Waals surface area contributed by atoms with Crippen molar-refractivity contribution in [2.75, 3.05) is 18.0 Å². The number of hydrogen-bond acceptors (Lipinski definition) is 5. The first-order chi connectivity index (χ1) is 23.3. The zero-order valence-electron chi connectivity index (χ0n) is 26.8. The van der Waals surface area contributed by atoms with Crippen LogP contribution in [0.2, 0.25) is 10.0 Å². The first kappa shape index (κ1) is 36.3. The minimum Gasteiger partial charge on any atom is -0.367 e. The summed E-state index contributed by atoms with van der Waals surface area (Å²) in [6, 6.07) is 25.9. The summed E-state index contributed by atoms with van der Waals surface area (Å²) in [6.45, 7) is 6.20. The number of nitrogens with zero attached hydrogens (tertiary/aromatic N) is 2. The predicted molar refractivity (Wildman–Crippen MR) is 196 cm³/mol. The topological polar surface area (TPSA) is 115 Å². The molecule has 0 atom stereocenters. The fourth-order valence-corrected chi connectivity index (χ4v) is 7.15. The standard InChI is InChI=1S/C37H34Cl2N2O6S2/c1-3-40(24-26-7-5-9-33(21-26)48(42,43)44)31-16-11-28(12-17-31)37(35-23-30(38)15-20-36(35)39)29-13-18-32(19-14-29)41(4-2)25-27-8-6-10-34(22-27)49(45,46)47/h5-23H,3-4,24-25H2,1-2H3,(H-,42,43,44,45,46,47)/p+1. The normalized spacial score (nSPS) is 13.1. The number of rotatable bonds is 11. The van der Waals surface area contributed by atoms with E-state index < -0.39 is 20.2 Å². The molecule has 1 aliphatic rings. The molecule has 0 unspecified atom stereocenters. The van der Waals surface area contributed by atoms with Crippen molar-refractivity contribution >= 4 is 60.4 Å². The Kier molecular flexibility index (Phi) is 11.3. The molecule has 0 saturated carbocycles. The van der Waals surface area contributed by atoms with E-state index in [9.17, 15) is 25.9 Å². The maximum absolute atomic E-state index is 11.7. The third-order valence-corrected chi connectivity index (χ3v) is 10.4. The van der Waals surface area contributed by atoms with Gasteiger partial charge in [0.2, 0.25) is 0 Å². The Balaban J connectivity index is 1.49. The van der Waals surface area contributed by atoms with Gasteiger partial charge in [0.25, 0.3) is 20.2 Å². The van der Waals surface area contributed by atoms with Gasteiger partial charge < -0.3 is 4.90 Å². The van der Waals surface area contributed by atoms with E-state index in [0.29, 0.717) is 36.2 Å². The van der Waals surface area contributed by atoms with E-state index in [4.69, 9.17) is 23.2 Å². The molecule has 0 saturated heterocycles. The number of benzene rings is 4. The Bertz CT molecular complexity index is 2210. The van der Waals surface area contributed by atoms with Crippen molar-refractivity contribution in [3.8, 4) is 0 Å². The van der Waals surface area contributed by atoms with Crippen LogP contribution in [0.3, 0.4) is 0 Å². The van der Waals surface area contributed by atoms with Crippen molar-refractivity contribution in [2.24, 2.45) is 0 Å². The van der Waals surface area contributed by atoms with Crippen LogP contribution in [0.4, 0.5) is 5.69 Å². The maximum atomic E-state index is 11.7. The van der Waals surface area contributed by atoms with Crippen LogP contribution in [0.5, 0.6) is 0 Å². The summed E-state index contributed by atoms with van der Waals surface area (Å²) in [7, 11) is -8.62. The van der Waals surface area contributed by atoms with Crippen molar-refractivity contribution in [1.29, 1.82) is 0 Å². The SMILES string of the molecule is CCN(Cc1cccc(S(=O)(=O)O)c1)c1ccc(C(=C2C=CC(=[N+](CC)Cc3cccc(S(=O)(=O)O)c3)C=C2)c2cc(Cl)ccc2Cl)cc1. The van der Waals surface area contributed by atoms with Gasteiger partial charge in [-0.05, 0) is 103 Å². The zero-order valence-corrected chi connectivity index (χ0v) is 29.9. The van der Waals surface area contributed by atoms with Crippen molar-refractivity contribution < 1.29 is 30.5 Å². The van der Waals surface area contributed by atoms with E-state index in [-0.39, 0.29) is 9.79 Å². The minimum absolute atomic E-state index is 0.145. The largest absolute Gasteiger partial charge is 0.367 e. The molecule has 5 rings (SSSR count). The lowest BCUT2D eigenvalue weighted by Gasteiger charge is -2.24. The van der Waals surface area contributed by atoms with Gasteiger partial charge >= 0.3 is 0 Å². The van der Waals surface area contributed by atoms with Crippen LogP contribution in [0, 0.1) is 0 Å². The molecule has 1 aliphatic carbocycles. The maximum Gasteiger partial charge on any atom is 0.294 e. The molecule has 4 aromatic rings. The predicted octanol–water partition coefficient (Wildman–Crippen LogP) is 8.11. The van der Waals surface area contributed by atoms with Gasteiger partial charge in [-0.2, -0.15) is 16.8 Å². The highest BCUT2D eigenvalue weighted by Crippen LogP contribution is 2.36. The Morgan fingerprint density at radius 3 is 1.90 bits per heavy atom. The van der Waals surface area contributed by atoms with Crippen molar-refractivity contribution in [2.45, 2.75) is 36.7 Å². The molecule has 12 heteroatoms. The lowest BCUT2D eigenvalue weighted by atomic mass is 9.90. The molecular formula is C37H35Cl2N2O6S2+. The highest BCUT2D eigenvalue weighted by molar-refractivity contribution is 7.86. The summed E-state index contributed by atoms with van der Waals surface area (Å²) in [5.74, 6) is 0. The lowest BCUT2D eigenvalue weighted by molar-refractivity contribution is -0.539. The quantitative estimate of drug-likeness (QED) is 0.118. The fourth-order valence-electron chi connectivity index (χ4n) is 5.67. The second-order valence-electron chi connectivity index (χ2n) is 11.4. The molecule has 0 aromatic heterocycles. The van der Waals surface area contributed by atoms with E-state index in [1.54, 1.807) is 24.3 Å². The molecule has 0 bridgehead atoms. The van der Waals surface area contributed by atoms with Crippen molar-refractivity contribution in [3.05, 3.63) is 153 Å². The van der Waals surface area contributed by atoms with Gasteiger partial charge in [-0.1, -0.05) is 59.6 Å². The summed E-state index contributed by atoms with van der Waals surface area (Å²) in [6.07, 6.45) is 8.01. The number of hydrogen-bond donors (Lipinski definition) is 2. The van der Waals surface area contributed by atoms with E-state index in [2.05, 4.69) is 9.48 Å². The third-order valence-electron chi connectivity index (χ3n) is 8.14. The van der Waals surface area contributed by atoms with Crippen LogP contribution in [0.15, 0.2) is 131 Å². The molecule has 0 radical (unpaired) electrons. The second kappa shape index (κ2) is 15.2. The molecule has 0 amide bonds.